The van der Waals surface area contributed by atoms with E-state index in [4.69, 9.17) is 9.15 Å². The largest absolute Gasteiger partial charge is 0.461 e. The second kappa shape index (κ2) is 7.79. The minimum absolute atomic E-state index is 0.278. The summed E-state index contributed by atoms with van der Waals surface area (Å²) < 4.78 is 10.8. The highest BCUT2D eigenvalue weighted by Gasteiger charge is 2.10. The Morgan fingerprint density at radius 2 is 1.96 bits per heavy atom. The fraction of sp³-hybridized carbons (Fsp3) is 0.167. The zero-order chi connectivity index (χ0) is 16.8. The van der Waals surface area contributed by atoms with Crippen molar-refractivity contribution in [3.63, 3.8) is 0 Å². The molecule has 122 valence electrons. The summed E-state index contributed by atoms with van der Waals surface area (Å²) in [5.74, 6) is 0.707. The molecule has 0 fully saturated rings. The lowest BCUT2D eigenvalue weighted by Crippen LogP contribution is -2.07. The van der Waals surface area contributed by atoms with E-state index in [1.807, 2.05) is 37.3 Å². The van der Waals surface area contributed by atoms with Crippen LogP contribution in [0.15, 0.2) is 64.2 Å². The summed E-state index contributed by atoms with van der Waals surface area (Å²) in [4.78, 5) is 11.8. The molecule has 0 radical (unpaired) electrons. The van der Waals surface area contributed by atoms with E-state index in [1.54, 1.807) is 24.3 Å². The monoisotopic (exact) mass is 340 g/mol. The van der Waals surface area contributed by atoms with Crippen LogP contribution in [-0.4, -0.2) is 28.5 Å². The normalized spacial score (nSPS) is 10.5. The Labute approximate surface area is 144 Å². The molecule has 1 heterocycles. The van der Waals surface area contributed by atoms with Crippen molar-refractivity contribution >= 4 is 17.7 Å². The van der Waals surface area contributed by atoms with Crippen LogP contribution in [0.3, 0.4) is 0 Å². The molecule has 6 heteroatoms. The van der Waals surface area contributed by atoms with Crippen LogP contribution in [0.1, 0.15) is 15.9 Å². The minimum atomic E-state index is -0.331. The van der Waals surface area contributed by atoms with Crippen molar-refractivity contribution in [3.8, 4) is 11.5 Å². The highest BCUT2D eigenvalue weighted by molar-refractivity contribution is 7.99. The first-order valence-corrected chi connectivity index (χ1v) is 8.46. The number of carbonyl (C=O) groups is 1. The van der Waals surface area contributed by atoms with Crippen LogP contribution in [-0.2, 0) is 4.74 Å². The summed E-state index contributed by atoms with van der Waals surface area (Å²) in [7, 11) is 0. The van der Waals surface area contributed by atoms with E-state index < -0.39 is 0 Å². The Hall–Kier alpha value is -2.60. The molecule has 5 nitrogen and oxygen atoms in total. The minimum Gasteiger partial charge on any atom is -0.461 e. The molecule has 0 aliphatic carbocycles. The van der Waals surface area contributed by atoms with E-state index in [9.17, 15) is 4.79 Å². The van der Waals surface area contributed by atoms with Crippen molar-refractivity contribution in [2.24, 2.45) is 0 Å². The first kappa shape index (κ1) is 16.3. The molecule has 0 amide bonds. The number of ether oxygens (including phenoxy) is 1. The summed E-state index contributed by atoms with van der Waals surface area (Å²) in [6.07, 6.45) is 0. The Balaban J connectivity index is 1.49. The molecule has 0 N–H and O–H groups in total. The van der Waals surface area contributed by atoms with Gasteiger partial charge in [-0.25, -0.2) is 4.79 Å². The average molecular weight is 340 g/mol. The van der Waals surface area contributed by atoms with Crippen LogP contribution in [0.5, 0.6) is 0 Å². The van der Waals surface area contributed by atoms with Crippen molar-refractivity contribution in [2.75, 3.05) is 12.4 Å². The van der Waals surface area contributed by atoms with Crippen molar-refractivity contribution in [2.45, 2.75) is 12.1 Å². The third-order valence-electron chi connectivity index (χ3n) is 3.22. The maximum Gasteiger partial charge on any atom is 0.338 e. The van der Waals surface area contributed by atoms with Crippen molar-refractivity contribution in [1.29, 1.82) is 0 Å². The second-order valence-electron chi connectivity index (χ2n) is 5.09. The van der Waals surface area contributed by atoms with E-state index in [-0.39, 0.29) is 12.6 Å². The smallest absolute Gasteiger partial charge is 0.338 e. The molecule has 0 saturated carbocycles. The molecule has 0 aliphatic rings. The van der Waals surface area contributed by atoms with Crippen molar-refractivity contribution < 1.29 is 13.9 Å². The number of nitrogens with zero attached hydrogens (tertiary/aromatic N) is 2. The summed E-state index contributed by atoms with van der Waals surface area (Å²) in [6, 6.07) is 16.8. The van der Waals surface area contributed by atoms with E-state index in [0.717, 1.165) is 11.1 Å². The van der Waals surface area contributed by atoms with Crippen LogP contribution in [0.2, 0.25) is 0 Å². The quantitative estimate of drug-likeness (QED) is 0.384. The van der Waals surface area contributed by atoms with Gasteiger partial charge in [0.1, 0.15) is 6.61 Å². The molecule has 3 rings (SSSR count). The molecule has 2 aromatic carbocycles. The number of carbonyl (C=O) groups excluding carboxylic acids is 1. The number of aromatic nitrogens is 2. The topological polar surface area (TPSA) is 65.2 Å². The highest BCUT2D eigenvalue weighted by Crippen LogP contribution is 2.23. The molecule has 0 atom stereocenters. The summed E-state index contributed by atoms with van der Waals surface area (Å²) in [6.45, 7) is 2.29. The molecule has 0 aliphatic heterocycles. The van der Waals surface area contributed by atoms with E-state index in [1.165, 1.54) is 11.8 Å². The molecule has 1 aromatic heterocycles. The fourth-order valence-electron chi connectivity index (χ4n) is 2.08. The van der Waals surface area contributed by atoms with Gasteiger partial charge in [-0.3, -0.25) is 0 Å². The molecule has 0 unspecified atom stereocenters. The van der Waals surface area contributed by atoms with Gasteiger partial charge in [0.2, 0.25) is 5.89 Å². The lowest BCUT2D eigenvalue weighted by atomic mass is 10.1. The summed E-state index contributed by atoms with van der Waals surface area (Å²) in [5.41, 5.74) is 2.57. The molecule has 24 heavy (non-hydrogen) atoms. The predicted octanol–water partition coefficient (Wildman–Crippen LogP) is 3.99. The van der Waals surface area contributed by atoms with E-state index in [2.05, 4.69) is 10.2 Å². The Kier molecular flexibility index (Phi) is 5.28. The van der Waals surface area contributed by atoms with Gasteiger partial charge in [-0.2, -0.15) is 0 Å². The van der Waals surface area contributed by atoms with Crippen molar-refractivity contribution in [3.05, 3.63) is 65.7 Å². The van der Waals surface area contributed by atoms with Crippen LogP contribution < -0.4 is 0 Å². The molecule has 0 bridgehead atoms. The van der Waals surface area contributed by atoms with Crippen LogP contribution in [0.4, 0.5) is 0 Å². The van der Waals surface area contributed by atoms with E-state index >= 15 is 0 Å². The second-order valence-corrected chi connectivity index (χ2v) is 6.14. The lowest BCUT2D eigenvalue weighted by molar-refractivity contribution is 0.0530. The summed E-state index contributed by atoms with van der Waals surface area (Å²) >= 11 is 1.36. The number of hydrogen-bond donors (Lipinski definition) is 0. The van der Waals surface area contributed by atoms with Gasteiger partial charge in [0, 0.05) is 11.3 Å². The van der Waals surface area contributed by atoms with Gasteiger partial charge >= 0.3 is 5.97 Å². The number of benzene rings is 2. The number of aryl methyl sites for hydroxylation is 1. The number of thioether (sulfide) groups is 1. The third-order valence-corrected chi connectivity index (χ3v) is 4.01. The fourth-order valence-corrected chi connectivity index (χ4v) is 2.66. The Bertz CT molecular complexity index is 818. The Morgan fingerprint density at radius 1 is 1.12 bits per heavy atom. The maximum atomic E-state index is 11.8. The SMILES string of the molecule is Cc1cccc(-c2nnc(SCCOC(=O)c3ccccc3)o2)c1. The number of hydrogen-bond acceptors (Lipinski definition) is 6. The molecular weight excluding hydrogens is 324 g/mol. The van der Waals surface area contributed by atoms with Crippen LogP contribution in [0.25, 0.3) is 11.5 Å². The van der Waals surface area contributed by atoms with Crippen LogP contribution >= 0.6 is 11.8 Å². The lowest BCUT2D eigenvalue weighted by Gasteiger charge is -2.03. The van der Waals surface area contributed by atoms with Gasteiger partial charge in [-0.1, -0.05) is 47.7 Å². The maximum absolute atomic E-state index is 11.8. The van der Waals surface area contributed by atoms with Gasteiger partial charge in [-0.05, 0) is 31.2 Å². The van der Waals surface area contributed by atoms with Gasteiger partial charge in [0.25, 0.3) is 5.22 Å². The van der Waals surface area contributed by atoms with Crippen LogP contribution in [0, 0.1) is 6.92 Å². The average Bonchev–Trinajstić information content (AvgIpc) is 3.08. The zero-order valence-electron chi connectivity index (χ0n) is 13.1. The van der Waals surface area contributed by atoms with Gasteiger partial charge in [0.05, 0.1) is 5.56 Å². The predicted molar refractivity (Wildman–Crippen MR) is 91.9 cm³/mol. The standard InChI is InChI=1S/C18H16N2O3S/c1-13-6-5-9-15(12-13)16-19-20-18(23-16)24-11-10-22-17(21)14-7-3-2-4-8-14/h2-9,12H,10-11H2,1H3. The highest BCUT2D eigenvalue weighted by atomic mass is 32.2. The summed E-state index contributed by atoms with van der Waals surface area (Å²) in [5, 5.41) is 8.51. The molecule has 0 spiro atoms. The number of rotatable bonds is 6. The van der Waals surface area contributed by atoms with Gasteiger partial charge in [0.15, 0.2) is 0 Å². The molecular formula is C18H16N2O3S. The van der Waals surface area contributed by atoms with Gasteiger partial charge < -0.3 is 9.15 Å². The Morgan fingerprint density at radius 3 is 2.75 bits per heavy atom. The van der Waals surface area contributed by atoms with Gasteiger partial charge in [-0.15, -0.1) is 10.2 Å². The molecule has 3 aromatic rings. The first-order chi connectivity index (χ1) is 11.7. The number of esters is 1. The first-order valence-electron chi connectivity index (χ1n) is 7.48. The third kappa shape index (κ3) is 4.23. The zero-order valence-corrected chi connectivity index (χ0v) is 14.0. The molecule has 0 saturated heterocycles. The van der Waals surface area contributed by atoms with Crippen molar-refractivity contribution in [1.82, 2.24) is 10.2 Å². The van der Waals surface area contributed by atoms with E-state index in [0.29, 0.717) is 22.4 Å².